The number of hydrogen-bond acceptors (Lipinski definition) is 8. The van der Waals surface area contributed by atoms with Crippen molar-refractivity contribution in [2.45, 2.75) is 142 Å². The maximum atomic E-state index is 12.3. The van der Waals surface area contributed by atoms with Gasteiger partial charge in [-0.1, -0.05) is 122 Å². The molecule has 2 N–H and O–H groups in total. The first-order valence-corrected chi connectivity index (χ1v) is 19.8. The second-order valence-electron chi connectivity index (χ2n) is 13.3. The van der Waals surface area contributed by atoms with E-state index in [0.717, 1.165) is 18.4 Å². The van der Waals surface area contributed by atoms with E-state index in [1.807, 2.05) is 0 Å². The van der Waals surface area contributed by atoms with Crippen molar-refractivity contribution in [2.75, 3.05) is 52.7 Å². The van der Waals surface area contributed by atoms with Crippen LogP contribution in [0.1, 0.15) is 152 Å². The van der Waals surface area contributed by atoms with Crippen molar-refractivity contribution in [3.05, 3.63) is 35.7 Å². The summed E-state index contributed by atoms with van der Waals surface area (Å²) in [6.07, 6.45) is 26.3. The van der Waals surface area contributed by atoms with E-state index in [-0.39, 0.29) is 11.8 Å². The van der Waals surface area contributed by atoms with Crippen molar-refractivity contribution in [1.82, 2.24) is 20.8 Å². The van der Waals surface area contributed by atoms with Gasteiger partial charge in [-0.2, -0.15) is 0 Å². The first kappa shape index (κ1) is 43.3. The molecule has 2 amide bonds. The number of benzene rings is 1. The van der Waals surface area contributed by atoms with Gasteiger partial charge >= 0.3 is 0 Å². The number of aromatic nitrogens is 2. The fourth-order valence-electron chi connectivity index (χ4n) is 5.77. The summed E-state index contributed by atoms with van der Waals surface area (Å²) in [5, 5.41) is 13.6. The summed E-state index contributed by atoms with van der Waals surface area (Å²) < 4.78 is 22.0. The Kier molecular flexibility index (Phi) is 26.8. The van der Waals surface area contributed by atoms with Gasteiger partial charge in [0.15, 0.2) is 0 Å². The predicted molar refractivity (Wildman–Crippen MR) is 200 cm³/mol. The molecule has 0 saturated heterocycles. The summed E-state index contributed by atoms with van der Waals surface area (Å²) in [4.78, 5) is 24.3. The highest BCUT2D eigenvalue weighted by Gasteiger charge is 2.09. The minimum absolute atomic E-state index is 0.110. The van der Waals surface area contributed by atoms with Crippen LogP contribution < -0.4 is 10.6 Å². The molecule has 2 aromatic rings. The van der Waals surface area contributed by atoms with Gasteiger partial charge in [-0.25, -0.2) is 0 Å². The lowest BCUT2D eigenvalue weighted by atomic mass is 10.0. The lowest BCUT2D eigenvalue weighted by molar-refractivity contribution is -0.121. The lowest BCUT2D eigenvalue weighted by Gasteiger charge is -2.09. The third-order valence-electron chi connectivity index (χ3n) is 8.77. The molecule has 0 aliphatic rings. The van der Waals surface area contributed by atoms with Crippen molar-refractivity contribution in [2.24, 2.45) is 0 Å². The number of nitrogens with zero attached hydrogens (tertiary/aromatic N) is 2. The van der Waals surface area contributed by atoms with Crippen LogP contribution in [0.3, 0.4) is 0 Å². The van der Waals surface area contributed by atoms with Crippen LogP contribution >= 0.6 is 0 Å². The topological polar surface area (TPSA) is 125 Å². The molecule has 1 aromatic heterocycles. The molecular formula is C40H68N4O6. The highest BCUT2D eigenvalue weighted by molar-refractivity contribution is 5.94. The molecule has 284 valence electrons. The van der Waals surface area contributed by atoms with Crippen LogP contribution in [-0.4, -0.2) is 74.7 Å². The molecule has 0 aliphatic heterocycles. The normalized spacial score (nSPS) is 11.2. The smallest absolute Gasteiger partial charge is 0.251 e. The third-order valence-corrected chi connectivity index (χ3v) is 8.77. The summed E-state index contributed by atoms with van der Waals surface area (Å²) in [6, 6.07) is 7.00. The van der Waals surface area contributed by atoms with Crippen LogP contribution in [0.15, 0.2) is 28.7 Å². The average Bonchev–Trinajstić information content (AvgIpc) is 3.57. The molecule has 0 aliphatic carbocycles. The van der Waals surface area contributed by atoms with Gasteiger partial charge in [-0.05, 0) is 30.7 Å². The molecule has 0 bridgehead atoms. The number of hydrogen-bond donors (Lipinski definition) is 2. The maximum absolute atomic E-state index is 12.3. The Labute approximate surface area is 302 Å². The Hall–Kier alpha value is -2.82. The Morgan fingerprint density at radius 2 is 1.02 bits per heavy atom. The maximum Gasteiger partial charge on any atom is 0.251 e. The highest BCUT2D eigenvalue weighted by Crippen LogP contribution is 2.18. The van der Waals surface area contributed by atoms with E-state index >= 15 is 0 Å². The molecule has 0 atom stereocenters. The second-order valence-corrected chi connectivity index (χ2v) is 13.3. The molecule has 2 rings (SSSR count). The standard InChI is InChI=1S/C40H68N4O6/c1-3-4-5-6-7-8-9-10-11-12-13-14-15-16-17-18-19-20-21-22-38(45)41-27-29-47-31-33-49-34-32-48-30-28-42-39(46)36-23-25-37(26-24-36)40-44-43-35(2)50-40/h23-26H,3-22,27-34H2,1-2H3,(H,41,45)(H,42,46). The molecule has 10 heteroatoms. The molecule has 1 heterocycles. The van der Waals surface area contributed by atoms with Crippen LogP contribution in [0.25, 0.3) is 11.5 Å². The first-order chi connectivity index (χ1) is 24.6. The third kappa shape index (κ3) is 23.6. The van der Waals surface area contributed by atoms with Gasteiger partial charge in [0.2, 0.25) is 17.7 Å². The molecule has 0 spiro atoms. The number of ether oxygens (including phenoxy) is 3. The van der Waals surface area contributed by atoms with Gasteiger partial charge in [0.1, 0.15) is 0 Å². The summed E-state index contributed by atoms with van der Waals surface area (Å²) in [6.45, 7) is 7.62. The van der Waals surface area contributed by atoms with Crippen LogP contribution in [0.5, 0.6) is 0 Å². The summed E-state index contributed by atoms with van der Waals surface area (Å²) in [7, 11) is 0. The number of nitrogens with one attached hydrogen (secondary N) is 2. The molecule has 0 saturated carbocycles. The molecule has 10 nitrogen and oxygen atoms in total. The zero-order valence-electron chi connectivity index (χ0n) is 31.5. The summed E-state index contributed by atoms with van der Waals surface area (Å²) in [5.74, 6) is 0.857. The van der Waals surface area contributed by atoms with Crippen molar-refractivity contribution in [3.8, 4) is 11.5 Å². The highest BCUT2D eigenvalue weighted by atomic mass is 16.5. The van der Waals surface area contributed by atoms with Crippen molar-refractivity contribution < 1.29 is 28.2 Å². The molecular weight excluding hydrogens is 632 g/mol. The molecule has 0 radical (unpaired) electrons. The van der Waals surface area contributed by atoms with Gasteiger partial charge in [0.25, 0.3) is 5.91 Å². The largest absolute Gasteiger partial charge is 0.421 e. The van der Waals surface area contributed by atoms with Crippen LogP contribution in [-0.2, 0) is 19.0 Å². The Morgan fingerprint density at radius 1 is 0.580 bits per heavy atom. The minimum atomic E-state index is -0.174. The monoisotopic (exact) mass is 701 g/mol. The zero-order valence-corrected chi connectivity index (χ0v) is 31.5. The SMILES string of the molecule is CCCCCCCCCCCCCCCCCCCCCC(=O)NCCOCCOCCOCCNC(=O)c1ccc(-c2nnc(C)o2)cc1. The average molecular weight is 701 g/mol. The van der Waals surface area contributed by atoms with E-state index in [1.165, 1.54) is 109 Å². The van der Waals surface area contributed by atoms with Crippen LogP contribution in [0, 0.1) is 6.92 Å². The minimum Gasteiger partial charge on any atom is -0.421 e. The van der Waals surface area contributed by atoms with Gasteiger partial charge in [-0.3, -0.25) is 9.59 Å². The van der Waals surface area contributed by atoms with E-state index in [0.29, 0.717) is 76.5 Å². The Balaban J connectivity index is 1.24. The quantitative estimate of drug-likeness (QED) is 0.0695. The number of rotatable bonds is 34. The summed E-state index contributed by atoms with van der Waals surface area (Å²) in [5.41, 5.74) is 1.31. The zero-order chi connectivity index (χ0) is 35.7. The fourth-order valence-corrected chi connectivity index (χ4v) is 5.77. The van der Waals surface area contributed by atoms with Gasteiger partial charge in [-0.15, -0.1) is 10.2 Å². The van der Waals surface area contributed by atoms with Crippen LogP contribution in [0.2, 0.25) is 0 Å². The van der Waals surface area contributed by atoms with Gasteiger partial charge in [0, 0.05) is 37.6 Å². The molecule has 0 unspecified atom stereocenters. The van der Waals surface area contributed by atoms with Crippen LogP contribution in [0.4, 0.5) is 0 Å². The predicted octanol–water partition coefficient (Wildman–Crippen LogP) is 8.76. The summed E-state index contributed by atoms with van der Waals surface area (Å²) >= 11 is 0. The number of carbonyl (C=O) groups is 2. The van der Waals surface area contributed by atoms with Gasteiger partial charge < -0.3 is 29.3 Å². The van der Waals surface area contributed by atoms with E-state index in [1.54, 1.807) is 31.2 Å². The molecule has 50 heavy (non-hydrogen) atoms. The number of amides is 2. The Morgan fingerprint density at radius 3 is 1.48 bits per heavy atom. The second kappa shape index (κ2) is 31.0. The fraction of sp³-hybridized carbons (Fsp3) is 0.750. The lowest BCUT2D eigenvalue weighted by Crippen LogP contribution is -2.27. The number of unbranched alkanes of at least 4 members (excludes halogenated alkanes) is 18. The number of aryl methyl sites for hydroxylation is 1. The first-order valence-electron chi connectivity index (χ1n) is 19.8. The van der Waals surface area contributed by atoms with Crippen molar-refractivity contribution >= 4 is 11.8 Å². The van der Waals surface area contributed by atoms with E-state index in [4.69, 9.17) is 18.6 Å². The molecule has 1 aromatic carbocycles. The Bertz CT molecular complexity index is 1090. The number of carbonyl (C=O) groups excluding carboxylic acids is 2. The van der Waals surface area contributed by atoms with Gasteiger partial charge in [0.05, 0.1) is 39.6 Å². The van der Waals surface area contributed by atoms with E-state index in [9.17, 15) is 9.59 Å². The van der Waals surface area contributed by atoms with E-state index < -0.39 is 0 Å². The molecule has 0 fully saturated rings. The van der Waals surface area contributed by atoms with E-state index in [2.05, 4.69) is 27.8 Å². The van der Waals surface area contributed by atoms with Crippen molar-refractivity contribution in [1.29, 1.82) is 0 Å². The van der Waals surface area contributed by atoms with Crippen molar-refractivity contribution in [3.63, 3.8) is 0 Å².